The summed E-state index contributed by atoms with van der Waals surface area (Å²) in [5.74, 6) is -5.02. The first-order valence-electron chi connectivity index (χ1n) is 14.9. The number of hydrogen-bond acceptors (Lipinski definition) is 7. The highest BCUT2D eigenvalue weighted by Gasteiger charge is 2.57. The second kappa shape index (κ2) is 20.1. The van der Waals surface area contributed by atoms with Gasteiger partial charge in [0, 0.05) is 32.8 Å². The number of rotatable bonds is 22. The van der Waals surface area contributed by atoms with Gasteiger partial charge in [0.2, 0.25) is 0 Å². The van der Waals surface area contributed by atoms with Crippen LogP contribution in [0.25, 0.3) is 0 Å². The van der Waals surface area contributed by atoms with E-state index in [-0.39, 0.29) is 13.2 Å². The second-order valence-electron chi connectivity index (χ2n) is 10.2. The maximum atomic E-state index is 16.0. The predicted molar refractivity (Wildman–Crippen MR) is 144 cm³/mol. The molecule has 0 aromatic carbocycles. The van der Waals surface area contributed by atoms with Gasteiger partial charge in [0.25, 0.3) is 5.92 Å². The molecule has 0 aromatic rings. The van der Waals surface area contributed by atoms with Crippen LogP contribution in [-0.2, 0) is 33.2 Å². The molecular formula is C29H54F2O7. The smallest absolute Gasteiger partial charge is 0.308 e. The number of carbonyl (C=O) groups is 1. The Kier molecular flexibility index (Phi) is 18.6. The summed E-state index contributed by atoms with van der Waals surface area (Å²) in [5, 5.41) is 0. The Morgan fingerprint density at radius 3 is 1.82 bits per heavy atom. The van der Waals surface area contributed by atoms with Crippen molar-refractivity contribution in [3.63, 3.8) is 0 Å². The van der Waals surface area contributed by atoms with Crippen molar-refractivity contribution in [1.29, 1.82) is 0 Å². The van der Waals surface area contributed by atoms with Crippen LogP contribution in [0.5, 0.6) is 0 Å². The van der Waals surface area contributed by atoms with E-state index in [0.29, 0.717) is 26.4 Å². The summed E-state index contributed by atoms with van der Waals surface area (Å²) in [6.07, 6.45) is 1.38. The van der Waals surface area contributed by atoms with E-state index in [1.54, 1.807) is 6.92 Å². The van der Waals surface area contributed by atoms with E-state index >= 15 is 8.78 Å². The molecule has 6 atom stereocenters. The highest BCUT2D eigenvalue weighted by atomic mass is 19.3. The normalized spacial score (nSPS) is 24.9. The van der Waals surface area contributed by atoms with Crippen LogP contribution in [0.15, 0.2) is 0 Å². The predicted octanol–water partition coefficient (Wildman–Crippen LogP) is 6.35. The molecule has 0 unspecified atom stereocenters. The standard InChI is InChI=1S/C29H54F2O7/c1-7-12-16-33-21-23-24(35-17-13-8-2)25(36-18-14-9-3)26(37-19-15-10-4)27(38-23)29(30,31)20-22(6)28(32)34-11-5/h22-27H,7-21H2,1-6H3/t22-,23+,24-,25-,26+,27+/m0/s1. The summed E-state index contributed by atoms with van der Waals surface area (Å²) < 4.78 is 67.6. The van der Waals surface area contributed by atoms with Gasteiger partial charge in [-0.15, -0.1) is 0 Å². The fourth-order valence-corrected chi connectivity index (χ4v) is 4.39. The summed E-state index contributed by atoms with van der Waals surface area (Å²) in [6, 6.07) is 0. The molecule has 0 bridgehead atoms. The van der Waals surface area contributed by atoms with Gasteiger partial charge >= 0.3 is 5.97 Å². The number of ether oxygens (including phenoxy) is 6. The van der Waals surface area contributed by atoms with Gasteiger partial charge in [-0.1, -0.05) is 60.3 Å². The fourth-order valence-electron chi connectivity index (χ4n) is 4.39. The van der Waals surface area contributed by atoms with Crippen molar-refractivity contribution in [2.45, 2.75) is 136 Å². The van der Waals surface area contributed by atoms with E-state index < -0.39 is 54.8 Å². The molecule has 0 N–H and O–H groups in total. The van der Waals surface area contributed by atoms with E-state index in [9.17, 15) is 4.79 Å². The Labute approximate surface area is 229 Å². The molecule has 1 fully saturated rings. The van der Waals surface area contributed by atoms with E-state index in [1.807, 2.05) is 6.92 Å². The van der Waals surface area contributed by atoms with Crippen LogP contribution in [0.4, 0.5) is 8.78 Å². The topological polar surface area (TPSA) is 72.5 Å². The third-order valence-corrected chi connectivity index (χ3v) is 6.67. The van der Waals surface area contributed by atoms with Crippen LogP contribution in [0, 0.1) is 5.92 Å². The molecule has 38 heavy (non-hydrogen) atoms. The van der Waals surface area contributed by atoms with Crippen LogP contribution < -0.4 is 0 Å². The van der Waals surface area contributed by atoms with E-state index in [1.165, 1.54) is 6.92 Å². The molecule has 226 valence electrons. The molecule has 0 amide bonds. The van der Waals surface area contributed by atoms with Crippen LogP contribution in [0.1, 0.15) is 99.3 Å². The Balaban J connectivity index is 3.35. The van der Waals surface area contributed by atoms with E-state index in [4.69, 9.17) is 28.4 Å². The molecule has 0 aliphatic carbocycles. The molecule has 1 saturated heterocycles. The fraction of sp³-hybridized carbons (Fsp3) is 0.966. The van der Waals surface area contributed by atoms with Crippen molar-refractivity contribution in [3.8, 4) is 0 Å². The van der Waals surface area contributed by atoms with Crippen molar-refractivity contribution in [1.82, 2.24) is 0 Å². The molecule has 0 radical (unpaired) electrons. The monoisotopic (exact) mass is 552 g/mol. The first-order chi connectivity index (χ1) is 18.3. The highest BCUT2D eigenvalue weighted by molar-refractivity contribution is 5.72. The van der Waals surface area contributed by atoms with Crippen molar-refractivity contribution < 1.29 is 42.0 Å². The Hall–Kier alpha value is -0.870. The zero-order valence-corrected chi connectivity index (χ0v) is 24.7. The van der Waals surface area contributed by atoms with Gasteiger partial charge in [-0.25, -0.2) is 8.78 Å². The van der Waals surface area contributed by atoms with Gasteiger partial charge in [-0.2, -0.15) is 0 Å². The minimum absolute atomic E-state index is 0.117. The average Bonchev–Trinajstić information content (AvgIpc) is 2.88. The number of hydrogen-bond donors (Lipinski definition) is 0. The largest absolute Gasteiger partial charge is 0.466 e. The molecular weight excluding hydrogens is 498 g/mol. The first kappa shape index (κ1) is 35.2. The maximum absolute atomic E-state index is 16.0. The summed E-state index contributed by atoms with van der Waals surface area (Å²) in [5.41, 5.74) is 0. The van der Waals surface area contributed by atoms with Crippen molar-refractivity contribution in [2.75, 3.05) is 39.6 Å². The maximum Gasteiger partial charge on any atom is 0.308 e. The Morgan fingerprint density at radius 2 is 1.29 bits per heavy atom. The lowest BCUT2D eigenvalue weighted by molar-refractivity contribution is -0.307. The number of carbonyl (C=O) groups excluding carboxylic acids is 1. The van der Waals surface area contributed by atoms with Crippen LogP contribution in [0.2, 0.25) is 0 Å². The van der Waals surface area contributed by atoms with Gasteiger partial charge in [0.1, 0.15) is 24.4 Å². The number of alkyl halides is 2. The van der Waals surface area contributed by atoms with Gasteiger partial charge in [0.05, 0.1) is 19.1 Å². The summed E-state index contributed by atoms with van der Waals surface area (Å²) in [4.78, 5) is 12.2. The zero-order chi connectivity index (χ0) is 28.4. The molecule has 1 rings (SSSR count). The van der Waals surface area contributed by atoms with Crippen LogP contribution >= 0.6 is 0 Å². The second-order valence-corrected chi connectivity index (χ2v) is 10.2. The lowest BCUT2D eigenvalue weighted by atomic mass is 9.87. The van der Waals surface area contributed by atoms with E-state index in [0.717, 1.165) is 51.4 Å². The average molecular weight is 553 g/mol. The molecule has 9 heteroatoms. The summed E-state index contributed by atoms with van der Waals surface area (Å²) in [6.45, 7) is 13.3. The molecule has 0 aromatic heterocycles. The van der Waals surface area contributed by atoms with Crippen LogP contribution in [0.3, 0.4) is 0 Å². The highest BCUT2D eigenvalue weighted by Crippen LogP contribution is 2.40. The number of unbranched alkanes of at least 4 members (excludes halogenated alkanes) is 4. The van der Waals surface area contributed by atoms with Gasteiger partial charge in [-0.05, 0) is 32.6 Å². The first-order valence-corrected chi connectivity index (χ1v) is 14.9. The summed E-state index contributed by atoms with van der Waals surface area (Å²) in [7, 11) is 0. The molecule has 7 nitrogen and oxygen atoms in total. The third-order valence-electron chi connectivity index (χ3n) is 6.67. The molecule has 0 spiro atoms. The molecule has 1 aliphatic rings. The van der Waals surface area contributed by atoms with Gasteiger partial charge in [-0.3, -0.25) is 4.79 Å². The Bertz CT molecular complexity index is 607. The van der Waals surface area contributed by atoms with Gasteiger partial charge in [0.15, 0.2) is 6.10 Å². The number of halogens is 2. The third kappa shape index (κ3) is 12.1. The number of esters is 1. The van der Waals surface area contributed by atoms with Crippen molar-refractivity contribution in [3.05, 3.63) is 0 Å². The summed E-state index contributed by atoms with van der Waals surface area (Å²) >= 11 is 0. The molecule has 0 saturated carbocycles. The van der Waals surface area contributed by atoms with Gasteiger partial charge < -0.3 is 28.4 Å². The lowest BCUT2D eigenvalue weighted by Crippen LogP contribution is -2.65. The minimum atomic E-state index is -3.37. The molecule has 1 heterocycles. The Morgan fingerprint density at radius 1 is 0.789 bits per heavy atom. The van der Waals surface area contributed by atoms with Crippen molar-refractivity contribution >= 4 is 5.97 Å². The van der Waals surface area contributed by atoms with Crippen molar-refractivity contribution in [2.24, 2.45) is 5.92 Å². The quantitative estimate of drug-likeness (QED) is 0.114. The lowest BCUT2D eigenvalue weighted by Gasteiger charge is -2.48. The van der Waals surface area contributed by atoms with Crippen LogP contribution in [-0.4, -0.2) is 82.1 Å². The minimum Gasteiger partial charge on any atom is -0.466 e. The van der Waals surface area contributed by atoms with E-state index in [2.05, 4.69) is 20.8 Å². The zero-order valence-electron chi connectivity index (χ0n) is 24.7. The SMILES string of the molecule is CCCCOC[C@H]1O[C@@H](C(F)(F)C[C@H](C)C(=O)OCC)[C@H](OCCCC)[C@@H](OCCCC)[C@H]1OCCCC. The molecule has 1 aliphatic heterocycles.